The van der Waals surface area contributed by atoms with Gasteiger partial charge in [-0.3, -0.25) is 0 Å². The molecule has 0 amide bonds. The molecule has 0 radical (unpaired) electrons. The van der Waals surface area contributed by atoms with Gasteiger partial charge < -0.3 is 9.26 Å². The van der Waals surface area contributed by atoms with E-state index in [9.17, 15) is 0 Å². The van der Waals surface area contributed by atoms with E-state index in [4.69, 9.17) is 9.26 Å². The molecule has 2 rings (SSSR count). The van der Waals surface area contributed by atoms with Gasteiger partial charge in [0.05, 0.1) is 0 Å². The van der Waals surface area contributed by atoms with Gasteiger partial charge in [-0.05, 0) is 25.0 Å². The van der Waals surface area contributed by atoms with E-state index in [1.165, 1.54) is 0 Å². The summed E-state index contributed by atoms with van der Waals surface area (Å²) in [5, 5.41) is 3.90. The number of benzene rings is 1. The summed E-state index contributed by atoms with van der Waals surface area (Å²) in [6.45, 7) is 8.42. The number of para-hydroxylation sites is 1. The van der Waals surface area contributed by atoms with Crippen LogP contribution in [0.5, 0.6) is 5.75 Å². The van der Waals surface area contributed by atoms with Crippen LogP contribution >= 0.6 is 0 Å². The number of nitrogens with zero attached hydrogens (tertiary/aromatic N) is 2. The Kier molecular flexibility index (Phi) is 3.65. The summed E-state index contributed by atoms with van der Waals surface area (Å²) in [6.07, 6.45) is 0. The van der Waals surface area contributed by atoms with Crippen molar-refractivity contribution in [2.75, 3.05) is 0 Å². The van der Waals surface area contributed by atoms with E-state index in [1.54, 1.807) is 0 Å². The minimum absolute atomic E-state index is 0.242. The molecule has 4 nitrogen and oxygen atoms in total. The van der Waals surface area contributed by atoms with Crippen LogP contribution in [0.2, 0.25) is 0 Å². The van der Waals surface area contributed by atoms with E-state index in [-0.39, 0.29) is 5.92 Å². The summed E-state index contributed by atoms with van der Waals surface area (Å²) in [6, 6.07) is 6.07. The smallest absolute Gasteiger partial charge is 0.229 e. The van der Waals surface area contributed by atoms with Crippen LogP contribution in [0.15, 0.2) is 22.7 Å². The summed E-state index contributed by atoms with van der Waals surface area (Å²) >= 11 is 0. The molecule has 2 aromatic rings. The Morgan fingerprint density at radius 3 is 2.44 bits per heavy atom. The zero-order valence-corrected chi connectivity index (χ0v) is 11.2. The minimum Gasteiger partial charge on any atom is -0.485 e. The Morgan fingerprint density at radius 1 is 1.22 bits per heavy atom. The van der Waals surface area contributed by atoms with Crippen LogP contribution in [0.1, 0.15) is 42.6 Å². The van der Waals surface area contributed by atoms with Crippen LogP contribution in [0.3, 0.4) is 0 Å². The van der Waals surface area contributed by atoms with Crippen LogP contribution in [0.4, 0.5) is 0 Å². The van der Waals surface area contributed by atoms with Crippen molar-refractivity contribution in [2.24, 2.45) is 0 Å². The van der Waals surface area contributed by atoms with Gasteiger partial charge in [0.2, 0.25) is 11.7 Å². The highest BCUT2D eigenvalue weighted by Crippen LogP contribution is 2.23. The number of hydrogen-bond donors (Lipinski definition) is 0. The zero-order valence-electron chi connectivity index (χ0n) is 11.2. The van der Waals surface area contributed by atoms with Crippen LogP contribution in [-0.4, -0.2) is 10.1 Å². The quantitative estimate of drug-likeness (QED) is 0.829. The van der Waals surface area contributed by atoms with Gasteiger partial charge in [-0.2, -0.15) is 4.98 Å². The number of ether oxygens (including phenoxy) is 1. The van der Waals surface area contributed by atoms with Gasteiger partial charge >= 0.3 is 0 Å². The maximum atomic E-state index is 5.76. The summed E-state index contributed by atoms with van der Waals surface area (Å²) in [7, 11) is 0. The fraction of sp³-hybridized carbons (Fsp3) is 0.429. The average Bonchev–Trinajstić information content (AvgIpc) is 2.77. The van der Waals surface area contributed by atoms with Gasteiger partial charge in [-0.25, -0.2) is 0 Å². The van der Waals surface area contributed by atoms with E-state index in [0.29, 0.717) is 18.3 Å². The largest absolute Gasteiger partial charge is 0.485 e. The molecule has 0 N–H and O–H groups in total. The molecule has 0 spiro atoms. The highest BCUT2D eigenvalue weighted by atomic mass is 16.5. The van der Waals surface area contributed by atoms with Crippen molar-refractivity contribution in [1.82, 2.24) is 10.1 Å². The van der Waals surface area contributed by atoms with E-state index in [1.807, 2.05) is 45.9 Å². The second-order valence-corrected chi connectivity index (χ2v) is 4.71. The zero-order chi connectivity index (χ0) is 13.1. The highest BCUT2D eigenvalue weighted by molar-refractivity contribution is 5.39. The Hall–Kier alpha value is -1.84. The van der Waals surface area contributed by atoms with E-state index >= 15 is 0 Å². The number of aromatic nitrogens is 2. The second-order valence-electron chi connectivity index (χ2n) is 4.71. The lowest BCUT2D eigenvalue weighted by Gasteiger charge is -2.09. The van der Waals surface area contributed by atoms with Gasteiger partial charge in [-0.15, -0.1) is 0 Å². The lowest BCUT2D eigenvalue weighted by molar-refractivity contribution is 0.281. The molecule has 1 aromatic carbocycles. The van der Waals surface area contributed by atoms with Crippen LogP contribution in [-0.2, 0) is 6.61 Å². The third-order valence-electron chi connectivity index (χ3n) is 2.73. The standard InChI is InChI=1S/C14H18N2O2/c1-9(2)14-15-12(16-18-14)8-17-13-10(3)6-5-7-11(13)4/h5-7,9H,8H2,1-4H3. The third kappa shape index (κ3) is 2.70. The summed E-state index contributed by atoms with van der Waals surface area (Å²) in [5.74, 6) is 2.37. The molecule has 0 saturated heterocycles. The lowest BCUT2D eigenvalue weighted by atomic mass is 10.1. The third-order valence-corrected chi connectivity index (χ3v) is 2.73. The first kappa shape index (κ1) is 12.6. The number of rotatable bonds is 4. The van der Waals surface area contributed by atoms with E-state index < -0.39 is 0 Å². The Bertz CT molecular complexity index is 512. The van der Waals surface area contributed by atoms with Gasteiger partial charge in [0.25, 0.3) is 0 Å². The normalized spacial score (nSPS) is 10.9. The van der Waals surface area contributed by atoms with E-state index in [2.05, 4.69) is 10.1 Å². The van der Waals surface area contributed by atoms with Crippen molar-refractivity contribution < 1.29 is 9.26 Å². The first-order valence-electron chi connectivity index (χ1n) is 6.09. The molecule has 96 valence electrons. The highest BCUT2D eigenvalue weighted by Gasteiger charge is 2.11. The van der Waals surface area contributed by atoms with Crippen molar-refractivity contribution in [3.05, 3.63) is 41.0 Å². The Labute approximate surface area is 107 Å². The molecule has 0 unspecified atom stereocenters. The molecular weight excluding hydrogens is 228 g/mol. The molecule has 1 heterocycles. The first-order valence-corrected chi connectivity index (χ1v) is 6.09. The predicted molar refractivity (Wildman–Crippen MR) is 68.6 cm³/mol. The molecule has 1 aromatic heterocycles. The fourth-order valence-corrected chi connectivity index (χ4v) is 1.72. The van der Waals surface area contributed by atoms with Crippen LogP contribution in [0, 0.1) is 13.8 Å². The Morgan fingerprint density at radius 2 is 1.89 bits per heavy atom. The van der Waals surface area contributed by atoms with Crippen molar-refractivity contribution in [2.45, 2.75) is 40.2 Å². The molecule has 0 fully saturated rings. The van der Waals surface area contributed by atoms with Crippen molar-refractivity contribution in [1.29, 1.82) is 0 Å². The average molecular weight is 246 g/mol. The minimum atomic E-state index is 0.242. The van der Waals surface area contributed by atoms with Gasteiger partial charge in [0.15, 0.2) is 6.61 Å². The topological polar surface area (TPSA) is 48.2 Å². The van der Waals surface area contributed by atoms with Crippen LogP contribution in [0.25, 0.3) is 0 Å². The van der Waals surface area contributed by atoms with Gasteiger partial charge in [0, 0.05) is 5.92 Å². The summed E-state index contributed by atoms with van der Waals surface area (Å²) in [5.41, 5.74) is 2.23. The molecule has 4 heteroatoms. The predicted octanol–water partition coefficient (Wildman–Crippen LogP) is 3.39. The van der Waals surface area contributed by atoms with Crippen molar-refractivity contribution in [3.8, 4) is 5.75 Å². The molecule has 0 aliphatic heterocycles. The van der Waals surface area contributed by atoms with Crippen molar-refractivity contribution in [3.63, 3.8) is 0 Å². The molecule has 0 saturated carbocycles. The summed E-state index contributed by atoms with van der Waals surface area (Å²) in [4.78, 5) is 4.28. The molecule has 0 bridgehead atoms. The van der Waals surface area contributed by atoms with Crippen LogP contribution < -0.4 is 4.74 Å². The maximum Gasteiger partial charge on any atom is 0.229 e. The number of aryl methyl sites for hydroxylation is 2. The van der Waals surface area contributed by atoms with Crippen molar-refractivity contribution >= 4 is 0 Å². The monoisotopic (exact) mass is 246 g/mol. The second kappa shape index (κ2) is 5.21. The van der Waals surface area contributed by atoms with Gasteiger partial charge in [-0.1, -0.05) is 37.2 Å². The lowest BCUT2D eigenvalue weighted by Crippen LogP contribution is -2.01. The SMILES string of the molecule is Cc1cccc(C)c1OCc1noc(C(C)C)n1. The molecule has 18 heavy (non-hydrogen) atoms. The number of hydrogen-bond acceptors (Lipinski definition) is 4. The first-order chi connectivity index (χ1) is 8.58. The fourth-order valence-electron chi connectivity index (χ4n) is 1.72. The van der Waals surface area contributed by atoms with Gasteiger partial charge in [0.1, 0.15) is 5.75 Å². The molecular formula is C14H18N2O2. The maximum absolute atomic E-state index is 5.76. The Balaban J connectivity index is 2.07. The molecule has 0 aliphatic carbocycles. The molecule has 0 aliphatic rings. The molecule has 0 atom stereocenters. The summed E-state index contributed by atoms with van der Waals surface area (Å²) < 4.78 is 10.9. The van der Waals surface area contributed by atoms with E-state index in [0.717, 1.165) is 16.9 Å².